The Labute approximate surface area is 156 Å². The summed E-state index contributed by atoms with van der Waals surface area (Å²) in [5.41, 5.74) is 5.17. The molecule has 0 amide bonds. The Morgan fingerprint density at radius 2 is 1.56 bits per heavy atom. The van der Waals surface area contributed by atoms with Gasteiger partial charge in [0.2, 0.25) is 0 Å². The normalized spacial score (nSPS) is 19.9. The molecule has 130 valence electrons. The molecule has 0 spiro atoms. The highest BCUT2D eigenvalue weighted by atomic mass is 16.5. The second-order valence-corrected chi connectivity index (χ2v) is 7.06. The van der Waals surface area contributed by atoms with Gasteiger partial charge in [-0.05, 0) is 48.5 Å². The van der Waals surface area contributed by atoms with E-state index in [0.717, 1.165) is 39.1 Å². The summed E-state index contributed by atoms with van der Waals surface area (Å²) in [6.07, 6.45) is 8.60. The summed E-state index contributed by atoms with van der Waals surface area (Å²) in [4.78, 5) is 0. The van der Waals surface area contributed by atoms with Crippen molar-refractivity contribution in [2.45, 2.75) is 12.0 Å². The maximum Gasteiger partial charge on any atom is 0.135 e. The lowest BCUT2D eigenvalue weighted by Gasteiger charge is -2.14. The van der Waals surface area contributed by atoms with Gasteiger partial charge in [0.15, 0.2) is 0 Å². The predicted octanol–water partition coefficient (Wildman–Crippen LogP) is 6.30. The van der Waals surface area contributed by atoms with Crippen LogP contribution in [-0.4, -0.2) is 6.10 Å². The molecule has 4 aromatic rings. The maximum absolute atomic E-state index is 6.03. The van der Waals surface area contributed by atoms with Gasteiger partial charge in [0.1, 0.15) is 23.0 Å². The molecule has 2 aliphatic rings. The van der Waals surface area contributed by atoms with Crippen LogP contribution in [0.3, 0.4) is 0 Å². The molecule has 1 aliphatic carbocycles. The molecule has 0 fully saturated rings. The number of allylic oxidation sites excluding steroid dienone is 2. The van der Waals surface area contributed by atoms with Crippen LogP contribution in [-0.2, 0) is 0 Å². The van der Waals surface area contributed by atoms with E-state index in [1.165, 1.54) is 5.56 Å². The summed E-state index contributed by atoms with van der Waals surface area (Å²) in [5, 5.41) is 5.80. The van der Waals surface area contributed by atoms with Crippen molar-refractivity contribution in [2.24, 2.45) is 0 Å². The number of fused-ring (bicyclic) bond motifs is 6. The molecule has 3 heteroatoms. The first-order valence-electron chi connectivity index (χ1n) is 9.19. The van der Waals surface area contributed by atoms with E-state index in [-0.39, 0.29) is 6.10 Å². The molecule has 0 bridgehead atoms. The van der Waals surface area contributed by atoms with E-state index in [0.29, 0.717) is 5.92 Å². The fourth-order valence-electron chi connectivity index (χ4n) is 4.09. The van der Waals surface area contributed by atoms with Gasteiger partial charge in [-0.3, -0.25) is 0 Å². The quantitative estimate of drug-likeness (QED) is 0.460. The number of rotatable bonds is 2. The minimum Gasteiger partial charge on any atom is -0.485 e. The van der Waals surface area contributed by atoms with Gasteiger partial charge in [0, 0.05) is 33.6 Å². The number of hydrogen-bond acceptors (Lipinski definition) is 3. The van der Waals surface area contributed by atoms with Crippen molar-refractivity contribution in [1.82, 2.24) is 0 Å². The summed E-state index contributed by atoms with van der Waals surface area (Å²) >= 11 is 0. The number of ether oxygens (including phenoxy) is 1. The van der Waals surface area contributed by atoms with Crippen LogP contribution >= 0.6 is 0 Å². The zero-order chi connectivity index (χ0) is 17.8. The molecule has 0 saturated carbocycles. The Kier molecular flexibility index (Phi) is 3.00. The first-order chi connectivity index (χ1) is 13.3. The van der Waals surface area contributed by atoms with Crippen molar-refractivity contribution >= 4 is 33.3 Å². The highest BCUT2D eigenvalue weighted by Gasteiger charge is 2.31. The monoisotopic (exact) mass is 351 g/mol. The third-order valence-electron chi connectivity index (χ3n) is 5.38. The van der Waals surface area contributed by atoms with Crippen LogP contribution in [0.2, 0.25) is 0 Å². The van der Waals surface area contributed by atoms with Crippen LogP contribution in [0.5, 0.6) is 5.75 Å². The Morgan fingerprint density at radius 1 is 0.741 bits per heavy atom. The average Bonchev–Trinajstić information content (AvgIpc) is 3.26. The van der Waals surface area contributed by atoms with Crippen LogP contribution in [0, 0.1) is 0 Å². The minimum atomic E-state index is 0.119. The van der Waals surface area contributed by atoms with Crippen LogP contribution in [0.4, 0.5) is 11.4 Å². The topological polar surface area (TPSA) is 34.4 Å². The summed E-state index contributed by atoms with van der Waals surface area (Å²) in [6, 6.07) is 20.7. The lowest BCUT2D eigenvalue weighted by atomic mass is 9.92. The molecule has 27 heavy (non-hydrogen) atoms. The molecule has 0 radical (unpaired) electrons. The molecule has 2 unspecified atom stereocenters. The fraction of sp³-hybridized carbons (Fsp3) is 0.0833. The molecule has 0 saturated heterocycles. The van der Waals surface area contributed by atoms with E-state index in [1.807, 2.05) is 24.3 Å². The first kappa shape index (κ1) is 14.7. The van der Waals surface area contributed by atoms with Crippen LogP contribution in [0.15, 0.2) is 89.4 Å². The molecule has 2 heterocycles. The number of hydrogen-bond donors (Lipinski definition) is 1. The van der Waals surface area contributed by atoms with Gasteiger partial charge in [0.05, 0.1) is 0 Å². The van der Waals surface area contributed by atoms with Gasteiger partial charge >= 0.3 is 0 Å². The first-order valence-corrected chi connectivity index (χ1v) is 9.19. The SMILES string of the molecule is C1=CC2Oc3ccc(Nc4ccc5oc6ccccc6c5c4)cc3C2C=C1. The van der Waals surface area contributed by atoms with Gasteiger partial charge in [-0.1, -0.05) is 36.4 Å². The van der Waals surface area contributed by atoms with Crippen molar-refractivity contribution in [3.05, 3.63) is 90.5 Å². The molecule has 1 aromatic heterocycles. The van der Waals surface area contributed by atoms with E-state index in [9.17, 15) is 0 Å². The highest BCUT2D eigenvalue weighted by molar-refractivity contribution is 6.06. The summed E-state index contributed by atoms with van der Waals surface area (Å²) in [5.74, 6) is 1.27. The molecule has 1 N–H and O–H groups in total. The summed E-state index contributed by atoms with van der Waals surface area (Å²) < 4.78 is 12.0. The Hall–Kier alpha value is -3.46. The van der Waals surface area contributed by atoms with Gasteiger partial charge in [-0.25, -0.2) is 0 Å². The molecular weight excluding hydrogens is 334 g/mol. The van der Waals surface area contributed by atoms with Gasteiger partial charge < -0.3 is 14.5 Å². The highest BCUT2D eigenvalue weighted by Crippen LogP contribution is 2.42. The van der Waals surface area contributed by atoms with E-state index in [4.69, 9.17) is 9.15 Å². The Morgan fingerprint density at radius 3 is 2.56 bits per heavy atom. The van der Waals surface area contributed by atoms with E-state index in [2.05, 4.69) is 66.0 Å². The van der Waals surface area contributed by atoms with Crippen molar-refractivity contribution in [1.29, 1.82) is 0 Å². The average molecular weight is 351 g/mol. The Balaban J connectivity index is 1.37. The largest absolute Gasteiger partial charge is 0.485 e. The third kappa shape index (κ3) is 2.28. The van der Waals surface area contributed by atoms with Gasteiger partial charge in [0.25, 0.3) is 0 Å². The van der Waals surface area contributed by atoms with Crippen molar-refractivity contribution < 1.29 is 9.15 Å². The number of anilines is 2. The number of benzene rings is 3. The second kappa shape index (κ2) is 5.52. The van der Waals surface area contributed by atoms with E-state index in [1.54, 1.807) is 0 Å². The molecule has 2 atom stereocenters. The number of para-hydroxylation sites is 1. The van der Waals surface area contributed by atoms with Crippen molar-refractivity contribution in [3.63, 3.8) is 0 Å². The summed E-state index contributed by atoms with van der Waals surface area (Å²) in [6.45, 7) is 0. The van der Waals surface area contributed by atoms with E-state index >= 15 is 0 Å². The number of nitrogens with one attached hydrogen (secondary N) is 1. The van der Waals surface area contributed by atoms with Gasteiger partial charge in [-0.2, -0.15) is 0 Å². The zero-order valence-electron chi connectivity index (χ0n) is 14.6. The molecular formula is C24H17NO2. The third-order valence-corrected chi connectivity index (χ3v) is 5.38. The number of furan rings is 1. The lowest BCUT2D eigenvalue weighted by Crippen LogP contribution is -2.15. The second-order valence-electron chi connectivity index (χ2n) is 7.06. The predicted molar refractivity (Wildman–Crippen MR) is 109 cm³/mol. The maximum atomic E-state index is 6.03. The minimum absolute atomic E-state index is 0.119. The molecule has 3 nitrogen and oxygen atoms in total. The molecule has 6 rings (SSSR count). The van der Waals surface area contributed by atoms with Crippen LogP contribution < -0.4 is 10.1 Å². The molecule has 3 aromatic carbocycles. The van der Waals surface area contributed by atoms with Crippen LogP contribution in [0.1, 0.15) is 11.5 Å². The lowest BCUT2D eigenvalue weighted by molar-refractivity contribution is 0.269. The standard InChI is InChI=1S/C24H17NO2/c1-3-7-21-17(5-1)19-13-15(9-11-23(19)26-21)25-16-10-12-24-20(14-16)18-6-2-4-8-22(18)27-24/h1-14,17,21,25H. The zero-order valence-corrected chi connectivity index (χ0v) is 14.6. The summed E-state index contributed by atoms with van der Waals surface area (Å²) in [7, 11) is 0. The smallest absolute Gasteiger partial charge is 0.135 e. The van der Waals surface area contributed by atoms with E-state index < -0.39 is 0 Å². The fourth-order valence-corrected chi connectivity index (χ4v) is 4.09. The van der Waals surface area contributed by atoms with Crippen molar-refractivity contribution in [3.8, 4) is 5.75 Å². The van der Waals surface area contributed by atoms with Crippen LogP contribution in [0.25, 0.3) is 21.9 Å². The van der Waals surface area contributed by atoms with Gasteiger partial charge in [-0.15, -0.1) is 0 Å². The Bertz CT molecular complexity index is 1250. The van der Waals surface area contributed by atoms with Crippen molar-refractivity contribution in [2.75, 3.05) is 5.32 Å². The molecule has 1 aliphatic heterocycles.